The number of esters is 5. The molecule has 0 heterocycles. The van der Waals surface area contributed by atoms with Gasteiger partial charge in [-0.25, -0.2) is 24.0 Å². The highest BCUT2D eigenvalue weighted by Gasteiger charge is 2.60. The number of hydrogen-bond acceptors (Lipinski definition) is 10. The predicted molar refractivity (Wildman–Crippen MR) is 333 cm³/mol. The maximum absolute atomic E-state index is 11.9. The summed E-state index contributed by atoms with van der Waals surface area (Å²) in [6.45, 7) is 47.3. The average molecular weight is 1150 g/mol. The quantitative estimate of drug-likeness (QED) is 0.0676. The Hall–Kier alpha value is -4.21. The summed E-state index contributed by atoms with van der Waals surface area (Å²) in [5.74, 6) is 8.72. The van der Waals surface area contributed by atoms with Gasteiger partial charge in [0.1, 0.15) is 28.0 Å². The molecule has 11 aliphatic carbocycles. The van der Waals surface area contributed by atoms with E-state index >= 15 is 0 Å². The zero-order valence-electron chi connectivity index (χ0n) is 54.8. The molecule has 0 aromatic carbocycles. The number of fused-ring (bicyclic) bond motifs is 7. The number of allylic oxidation sites excluding steroid dienone is 2. The standard InChI is InChI=1S/2C17H26O2.C14H22O2.C13H22O2.C12H18O2/c1-11(2)15(18)19-16(3,4)17-8-12-5-13(9-17)7-14(6-12)10-17;1-10(2)16(18)19-17(3,4)15-9-11-8-14(15)13-7-5-6-12(11)13;1-9(2)13(15)16-14(3,4)12-8-10-5-6-11(12)7-10;1-10(2)12(14)15-13(3,4)11-8-6-5-7-9-11;1-9(2)11(13)14-12(3,4)10-7-5-6-8-10/h12-14H,1,5-10H2,2-4H3;11-15H,1,5-9H2,2-4H3;10-12H,1,5-8H2,2-4H3;11H,1,5-9H2,2-4H3;5-6,10H,1,7-8H2,2-4H3. The van der Waals surface area contributed by atoms with E-state index in [1.54, 1.807) is 34.6 Å². The van der Waals surface area contributed by atoms with Crippen molar-refractivity contribution in [2.45, 2.75) is 273 Å². The van der Waals surface area contributed by atoms with E-state index in [1.165, 1.54) is 128 Å². The molecule has 11 aliphatic rings. The van der Waals surface area contributed by atoms with Crippen LogP contribution in [0.5, 0.6) is 0 Å². The molecule has 83 heavy (non-hydrogen) atoms. The molecule has 0 aromatic rings. The summed E-state index contributed by atoms with van der Waals surface area (Å²) in [5.41, 5.74) is 0.966. The molecule has 0 N–H and O–H groups in total. The van der Waals surface area contributed by atoms with Crippen LogP contribution in [0.15, 0.2) is 72.9 Å². The summed E-state index contributed by atoms with van der Waals surface area (Å²) in [5, 5.41) is 0. The monoisotopic (exact) mass is 1150 g/mol. The van der Waals surface area contributed by atoms with Gasteiger partial charge in [0.2, 0.25) is 0 Å². The molecule has 466 valence electrons. The number of rotatable bonds is 15. The van der Waals surface area contributed by atoms with E-state index in [4.69, 9.17) is 23.7 Å². The van der Waals surface area contributed by atoms with Crippen LogP contribution in [-0.2, 0) is 47.7 Å². The lowest BCUT2D eigenvalue weighted by Gasteiger charge is -2.61. The number of carbonyl (C=O) groups is 5. The number of ether oxygens (including phenoxy) is 5. The van der Waals surface area contributed by atoms with Gasteiger partial charge < -0.3 is 23.7 Å². The Bertz CT molecular complexity index is 2390. The molecule has 0 saturated heterocycles. The molecule has 11 rings (SSSR count). The van der Waals surface area contributed by atoms with Gasteiger partial charge in [-0.15, -0.1) is 0 Å². The van der Waals surface area contributed by atoms with Gasteiger partial charge in [-0.05, 0) is 272 Å². The maximum atomic E-state index is 11.9. The van der Waals surface area contributed by atoms with Gasteiger partial charge in [0.25, 0.3) is 0 Å². The van der Waals surface area contributed by atoms with Crippen molar-refractivity contribution >= 4 is 29.8 Å². The lowest BCUT2D eigenvalue weighted by atomic mass is 9.46. The van der Waals surface area contributed by atoms with Crippen LogP contribution in [0.3, 0.4) is 0 Å². The number of hydrogen-bond donors (Lipinski definition) is 0. The molecule has 10 fully saturated rings. The molecule has 8 unspecified atom stereocenters. The van der Waals surface area contributed by atoms with Gasteiger partial charge in [-0.2, -0.15) is 0 Å². The van der Waals surface area contributed by atoms with E-state index < -0.39 is 0 Å². The summed E-state index contributed by atoms with van der Waals surface area (Å²) in [4.78, 5) is 58.2. The van der Waals surface area contributed by atoms with E-state index in [0.29, 0.717) is 51.5 Å². The molecule has 0 aliphatic heterocycles. The van der Waals surface area contributed by atoms with E-state index in [1.807, 2.05) is 27.7 Å². The summed E-state index contributed by atoms with van der Waals surface area (Å²) < 4.78 is 28.1. The third-order valence-electron chi connectivity index (χ3n) is 22.4. The van der Waals surface area contributed by atoms with Gasteiger partial charge in [0, 0.05) is 51.0 Å². The van der Waals surface area contributed by atoms with Crippen LogP contribution in [0.2, 0.25) is 0 Å². The highest BCUT2D eigenvalue weighted by Crippen LogP contribution is 2.65. The van der Waals surface area contributed by atoms with Crippen molar-refractivity contribution in [3.63, 3.8) is 0 Å². The molecular formula is C73H114O10. The van der Waals surface area contributed by atoms with Crippen LogP contribution in [0.1, 0.15) is 245 Å². The molecule has 0 spiro atoms. The molecule has 10 saturated carbocycles. The van der Waals surface area contributed by atoms with Crippen LogP contribution in [0.4, 0.5) is 0 Å². The molecule has 8 atom stereocenters. The molecular weight excluding hydrogens is 1040 g/mol. The van der Waals surface area contributed by atoms with Crippen molar-refractivity contribution in [2.75, 3.05) is 0 Å². The van der Waals surface area contributed by atoms with Crippen LogP contribution in [-0.4, -0.2) is 57.9 Å². The first kappa shape index (κ1) is 67.9. The first-order chi connectivity index (χ1) is 38.5. The minimum atomic E-state index is -0.389. The van der Waals surface area contributed by atoms with Gasteiger partial charge in [-0.1, -0.05) is 77.2 Å². The van der Waals surface area contributed by atoms with Gasteiger partial charge in [0.05, 0.1) is 0 Å². The van der Waals surface area contributed by atoms with E-state index in [9.17, 15) is 24.0 Å². The van der Waals surface area contributed by atoms with Crippen molar-refractivity contribution in [2.24, 2.45) is 82.3 Å². The van der Waals surface area contributed by atoms with Crippen LogP contribution in [0.25, 0.3) is 0 Å². The molecule has 0 aromatic heterocycles. The van der Waals surface area contributed by atoms with Crippen LogP contribution < -0.4 is 0 Å². The van der Waals surface area contributed by atoms with Crippen molar-refractivity contribution in [3.05, 3.63) is 72.9 Å². The average Bonchev–Trinajstić information content (AvgIpc) is 1.88. The Balaban J connectivity index is 0.000000168. The Labute approximate surface area is 503 Å². The summed E-state index contributed by atoms with van der Waals surface area (Å²) in [6.07, 6.45) is 32.7. The van der Waals surface area contributed by atoms with Crippen molar-refractivity contribution in [3.8, 4) is 0 Å². The second kappa shape index (κ2) is 27.2. The lowest BCUT2D eigenvalue weighted by Crippen LogP contribution is -2.57. The Morgan fingerprint density at radius 2 is 0.783 bits per heavy atom. The van der Waals surface area contributed by atoms with E-state index in [-0.39, 0.29) is 63.3 Å². The molecule has 0 radical (unpaired) electrons. The summed E-state index contributed by atoms with van der Waals surface area (Å²) in [7, 11) is 0. The zero-order valence-corrected chi connectivity index (χ0v) is 54.8. The minimum absolute atomic E-state index is 0.222. The fourth-order valence-corrected chi connectivity index (χ4v) is 17.8. The Morgan fingerprint density at radius 1 is 0.373 bits per heavy atom. The summed E-state index contributed by atoms with van der Waals surface area (Å²) >= 11 is 0. The van der Waals surface area contributed by atoms with Crippen LogP contribution >= 0.6 is 0 Å². The van der Waals surface area contributed by atoms with Crippen molar-refractivity contribution in [1.82, 2.24) is 0 Å². The Kier molecular flexibility index (Phi) is 22.3. The molecule has 10 heteroatoms. The fraction of sp³-hybridized carbons (Fsp3) is 0.767. The third kappa shape index (κ3) is 16.9. The highest BCUT2D eigenvalue weighted by atomic mass is 16.6. The first-order valence-corrected chi connectivity index (χ1v) is 32.6. The lowest BCUT2D eigenvalue weighted by molar-refractivity contribution is -0.195. The highest BCUT2D eigenvalue weighted by molar-refractivity contribution is 5.89. The third-order valence-corrected chi connectivity index (χ3v) is 22.4. The van der Waals surface area contributed by atoms with Crippen molar-refractivity contribution in [1.29, 1.82) is 0 Å². The summed E-state index contributed by atoms with van der Waals surface area (Å²) in [6, 6.07) is 0. The molecule has 10 nitrogen and oxygen atoms in total. The van der Waals surface area contributed by atoms with Gasteiger partial charge in [-0.3, -0.25) is 0 Å². The van der Waals surface area contributed by atoms with Gasteiger partial charge >= 0.3 is 29.8 Å². The zero-order chi connectivity index (χ0) is 61.8. The topological polar surface area (TPSA) is 132 Å². The van der Waals surface area contributed by atoms with E-state index in [2.05, 4.69) is 86.6 Å². The molecule has 8 bridgehead atoms. The second-order valence-corrected chi connectivity index (χ2v) is 31.0. The largest absolute Gasteiger partial charge is 0.456 e. The first-order valence-electron chi connectivity index (χ1n) is 32.6. The van der Waals surface area contributed by atoms with Crippen molar-refractivity contribution < 1.29 is 47.7 Å². The smallest absolute Gasteiger partial charge is 0.333 e. The minimum Gasteiger partial charge on any atom is -0.456 e. The second-order valence-electron chi connectivity index (χ2n) is 31.0. The molecule has 0 amide bonds. The Morgan fingerprint density at radius 3 is 1.20 bits per heavy atom. The van der Waals surface area contributed by atoms with Gasteiger partial charge in [0.15, 0.2) is 0 Å². The maximum Gasteiger partial charge on any atom is 0.333 e. The van der Waals surface area contributed by atoms with Crippen LogP contribution in [0, 0.1) is 82.3 Å². The SMILES string of the molecule is C=C(C)C(=O)OC(C)(C)C12CC3CC(CC(C3)C1)C2.C=C(C)C(=O)OC(C)(C)C1CC2CC1C1CCCC21.C=C(C)C(=O)OC(C)(C)C1CC2CCC1C2.C=C(C)C(=O)OC(C)(C)C1CC=CC1.C=C(C)C(=O)OC(C)(C)C1CCCCC1. The number of carbonyl (C=O) groups excluding carboxylic acids is 5. The normalized spacial score (nSPS) is 31.0. The fourth-order valence-electron chi connectivity index (χ4n) is 17.8. The predicted octanol–water partition coefficient (Wildman–Crippen LogP) is 17.7. The van der Waals surface area contributed by atoms with E-state index in [0.717, 1.165) is 66.1 Å².